The molecule has 312 valence electrons. The van der Waals surface area contributed by atoms with E-state index >= 15 is 0 Å². The number of nitrogens with one attached hydrogen (secondary N) is 1. The highest BCUT2D eigenvalue weighted by Gasteiger charge is 2.22. The number of nitrogens with zero attached hydrogens (tertiary/aromatic N) is 5. The summed E-state index contributed by atoms with van der Waals surface area (Å²) in [6, 6.07) is 65.5. The molecule has 0 aliphatic carbocycles. The minimum Gasteiger partial charge on any atom is -0.354 e. The normalized spacial score (nSPS) is 11.1. The molecule has 11 heteroatoms. The fourth-order valence-corrected chi connectivity index (χ4v) is 8.67. The molecule has 0 bridgehead atoms. The fourth-order valence-electron chi connectivity index (χ4n) is 8.51. The van der Waals surface area contributed by atoms with Gasteiger partial charge >= 0.3 is 0 Å². The van der Waals surface area contributed by atoms with Crippen LogP contribution in [0, 0.1) is 20.2 Å². The highest BCUT2D eigenvalue weighted by Crippen LogP contribution is 2.41. The Morgan fingerprint density at radius 3 is 1.66 bits per heavy atom. The zero-order valence-corrected chi connectivity index (χ0v) is 35.1. The Morgan fingerprint density at radius 2 is 0.954 bits per heavy atom. The van der Waals surface area contributed by atoms with Crippen LogP contribution in [0.1, 0.15) is 0 Å². The molecule has 12 aromatic rings. The first-order chi connectivity index (χ1) is 31.8. The highest BCUT2D eigenvalue weighted by atomic mass is 35.5. The van der Waals surface area contributed by atoms with Gasteiger partial charge in [0.05, 0.1) is 48.6 Å². The first kappa shape index (κ1) is 40.3. The van der Waals surface area contributed by atoms with Gasteiger partial charge < -0.3 is 4.98 Å². The predicted molar refractivity (Wildman–Crippen MR) is 263 cm³/mol. The number of para-hydroxylation sites is 8. The summed E-state index contributed by atoms with van der Waals surface area (Å²) in [6.07, 6.45) is 0. The predicted octanol–water partition coefficient (Wildman–Crippen LogP) is 14.7. The summed E-state index contributed by atoms with van der Waals surface area (Å²) in [6.45, 7) is 0. The molecular weight excluding hydrogens is 832 g/mol. The van der Waals surface area contributed by atoms with Gasteiger partial charge in [0.1, 0.15) is 11.0 Å². The zero-order valence-electron chi connectivity index (χ0n) is 34.4. The topological polar surface area (TPSA) is 133 Å². The Labute approximate surface area is 375 Å². The molecule has 10 nitrogen and oxygen atoms in total. The molecular formula is C54H35ClN6O4. The SMILES string of the molecule is Clc1ccc2ccccc2n1.O=[N+]([O-])c1ccccc1-c1cccc2c1[nH]c1ccccc12.O=[N+]([O-])c1ccccc1-c1cccc2c3ccccc3n(-c3ccc4ccccc4n3)c12. The number of benzene rings is 8. The van der Waals surface area contributed by atoms with Crippen LogP contribution in [-0.2, 0) is 0 Å². The van der Waals surface area contributed by atoms with Crippen LogP contribution in [0.3, 0.4) is 0 Å². The maximum atomic E-state index is 11.8. The molecule has 0 amide bonds. The molecule has 1 N–H and O–H groups in total. The van der Waals surface area contributed by atoms with Crippen molar-refractivity contribution >= 4 is 88.4 Å². The van der Waals surface area contributed by atoms with Gasteiger partial charge in [0.2, 0.25) is 0 Å². The Balaban J connectivity index is 0.000000129. The van der Waals surface area contributed by atoms with Crippen molar-refractivity contribution in [3.05, 3.63) is 232 Å². The average molecular weight is 867 g/mol. The number of pyridine rings is 2. The van der Waals surface area contributed by atoms with Crippen LogP contribution >= 0.6 is 11.6 Å². The van der Waals surface area contributed by atoms with Crippen LogP contribution in [-0.4, -0.2) is 29.4 Å². The maximum absolute atomic E-state index is 11.8. The van der Waals surface area contributed by atoms with Crippen molar-refractivity contribution in [2.24, 2.45) is 0 Å². The molecule has 65 heavy (non-hydrogen) atoms. The average Bonchev–Trinajstić information content (AvgIpc) is 3.90. The van der Waals surface area contributed by atoms with Crippen molar-refractivity contribution in [1.29, 1.82) is 0 Å². The Morgan fingerprint density at radius 1 is 0.446 bits per heavy atom. The maximum Gasteiger partial charge on any atom is 0.277 e. The van der Waals surface area contributed by atoms with E-state index in [1.807, 2.05) is 140 Å². The summed E-state index contributed by atoms with van der Waals surface area (Å²) in [4.78, 5) is 34.9. The third kappa shape index (κ3) is 7.64. The molecule has 0 spiro atoms. The number of nitro benzene ring substituents is 2. The molecule has 0 saturated heterocycles. The Kier molecular flexibility index (Phi) is 10.7. The molecule has 0 fully saturated rings. The summed E-state index contributed by atoms with van der Waals surface area (Å²) in [7, 11) is 0. The monoisotopic (exact) mass is 866 g/mol. The van der Waals surface area contributed by atoms with E-state index in [0.717, 1.165) is 82.4 Å². The number of hydrogen-bond acceptors (Lipinski definition) is 6. The number of H-pyrrole nitrogens is 1. The summed E-state index contributed by atoms with van der Waals surface area (Å²) in [5, 5.41) is 30.1. The summed E-state index contributed by atoms with van der Waals surface area (Å²) < 4.78 is 2.11. The quantitative estimate of drug-likeness (QED) is 0.104. The number of halogens is 1. The van der Waals surface area contributed by atoms with E-state index in [2.05, 4.69) is 44.9 Å². The van der Waals surface area contributed by atoms with Crippen LogP contribution < -0.4 is 0 Å². The lowest BCUT2D eigenvalue weighted by atomic mass is 10.0. The molecule has 0 aliphatic rings. The van der Waals surface area contributed by atoms with E-state index < -0.39 is 0 Å². The lowest BCUT2D eigenvalue weighted by Crippen LogP contribution is -1.99. The van der Waals surface area contributed by atoms with E-state index in [4.69, 9.17) is 16.6 Å². The zero-order chi connectivity index (χ0) is 44.4. The third-order valence-electron chi connectivity index (χ3n) is 11.4. The molecule has 0 atom stereocenters. The fraction of sp³-hybridized carbons (Fsp3) is 0. The van der Waals surface area contributed by atoms with Crippen LogP contribution in [0.25, 0.3) is 93.5 Å². The minimum atomic E-state index is -0.336. The van der Waals surface area contributed by atoms with Crippen molar-refractivity contribution in [2.75, 3.05) is 0 Å². The summed E-state index contributed by atoms with van der Waals surface area (Å²) >= 11 is 5.71. The van der Waals surface area contributed by atoms with Crippen LogP contribution in [0.5, 0.6) is 0 Å². The second-order valence-corrected chi connectivity index (χ2v) is 15.6. The lowest BCUT2D eigenvalue weighted by Gasteiger charge is -2.12. The van der Waals surface area contributed by atoms with Gasteiger partial charge in [0, 0.05) is 61.1 Å². The van der Waals surface area contributed by atoms with E-state index in [0.29, 0.717) is 16.3 Å². The number of nitro groups is 2. The van der Waals surface area contributed by atoms with Crippen molar-refractivity contribution in [1.82, 2.24) is 19.5 Å². The first-order valence-electron chi connectivity index (χ1n) is 20.7. The largest absolute Gasteiger partial charge is 0.354 e. The van der Waals surface area contributed by atoms with Gasteiger partial charge in [-0.2, -0.15) is 0 Å². The van der Waals surface area contributed by atoms with Gasteiger partial charge in [-0.05, 0) is 60.7 Å². The van der Waals surface area contributed by atoms with E-state index in [1.165, 1.54) is 6.07 Å². The van der Waals surface area contributed by atoms with Crippen molar-refractivity contribution in [2.45, 2.75) is 0 Å². The minimum absolute atomic E-state index is 0.0864. The molecule has 4 heterocycles. The standard InChI is InChI=1S/C27H17N3O2.C18H12N2O2.C9H6ClN/c31-30(32)25-15-6-3-10-20(25)22-12-7-11-21-19-9-2-5-14-24(19)29(27(21)22)26-17-16-18-8-1-4-13-23(18)28-26;21-20(22)17-11-4-2-7-13(17)15-9-5-8-14-12-6-1-3-10-16(12)19-18(14)15;10-9-6-5-7-3-1-2-4-8(7)11-9/h1-17H;1-11,19H;1-6H. The van der Waals surface area contributed by atoms with Crippen molar-refractivity contribution in [3.63, 3.8) is 0 Å². The van der Waals surface area contributed by atoms with Crippen molar-refractivity contribution in [3.8, 4) is 28.1 Å². The van der Waals surface area contributed by atoms with Gasteiger partial charge in [0.15, 0.2) is 0 Å². The molecule has 8 aromatic carbocycles. The van der Waals surface area contributed by atoms with E-state index in [-0.39, 0.29) is 21.2 Å². The van der Waals surface area contributed by atoms with Crippen molar-refractivity contribution < 1.29 is 9.85 Å². The Bertz CT molecular complexity index is 3790. The van der Waals surface area contributed by atoms with Gasteiger partial charge in [-0.1, -0.05) is 145 Å². The molecule has 0 aliphatic heterocycles. The van der Waals surface area contributed by atoms with E-state index in [1.54, 1.807) is 30.3 Å². The Hall–Kier alpha value is -8.73. The molecule has 0 radical (unpaired) electrons. The number of fused-ring (bicyclic) bond motifs is 8. The number of rotatable bonds is 5. The number of aromatic amines is 1. The number of aromatic nitrogens is 4. The van der Waals surface area contributed by atoms with Crippen LogP contribution in [0.4, 0.5) is 11.4 Å². The number of hydrogen-bond donors (Lipinski definition) is 1. The van der Waals surface area contributed by atoms with Crippen LogP contribution in [0.15, 0.2) is 206 Å². The van der Waals surface area contributed by atoms with E-state index in [9.17, 15) is 20.2 Å². The second kappa shape index (κ2) is 17.2. The van der Waals surface area contributed by atoms with Gasteiger partial charge in [-0.15, -0.1) is 0 Å². The third-order valence-corrected chi connectivity index (χ3v) is 11.6. The molecule has 0 unspecified atom stereocenters. The van der Waals surface area contributed by atoms with Gasteiger partial charge in [-0.3, -0.25) is 24.8 Å². The molecule has 4 aromatic heterocycles. The molecule has 12 rings (SSSR count). The lowest BCUT2D eigenvalue weighted by molar-refractivity contribution is -0.384. The van der Waals surface area contributed by atoms with Gasteiger partial charge in [0.25, 0.3) is 11.4 Å². The van der Waals surface area contributed by atoms with Gasteiger partial charge in [-0.25, -0.2) is 9.97 Å². The second-order valence-electron chi connectivity index (χ2n) is 15.2. The summed E-state index contributed by atoms with van der Waals surface area (Å²) in [5.41, 5.74) is 8.80. The first-order valence-corrected chi connectivity index (χ1v) is 21.1. The highest BCUT2D eigenvalue weighted by molar-refractivity contribution is 6.29. The smallest absolute Gasteiger partial charge is 0.277 e. The molecule has 0 saturated carbocycles. The summed E-state index contributed by atoms with van der Waals surface area (Å²) in [5.74, 6) is 0.779. The van der Waals surface area contributed by atoms with Crippen LogP contribution in [0.2, 0.25) is 5.15 Å².